The maximum atomic E-state index is 12.2. The molecule has 0 spiro atoms. The van der Waals surface area contributed by atoms with Gasteiger partial charge >= 0.3 is 12.0 Å². The third kappa shape index (κ3) is 3.05. The Morgan fingerprint density at radius 1 is 1.50 bits per heavy atom. The van der Waals surface area contributed by atoms with Gasteiger partial charge in [0.2, 0.25) is 0 Å². The molecule has 0 bridgehead atoms. The molecule has 128 valence electrons. The quantitative estimate of drug-likeness (QED) is 0.509. The monoisotopic (exact) mass is 353 g/mol. The van der Waals surface area contributed by atoms with E-state index < -0.39 is 23.0 Å². The maximum absolute atomic E-state index is 12.2. The number of carbonyl (C=O) groups excluding carboxylic acids is 2. The molecule has 0 saturated carbocycles. The minimum Gasteiger partial charge on any atom is -0.466 e. The Hall–Kier alpha value is -2.61. The average molecular weight is 354 g/mol. The third-order valence-electron chi connectivity index (χ3n) is 3.82. The number of benzene rings is 1. The molecule has 8 nitrogen and oxygen atoms in total. The highest BCUT2D eigenvalue weighted by molar-refractivity contribution is 6.32. The second kappa shape index (κ2) is 6.88. The topological polar surface area (TPSA) is 102 Å². The van der Waals surface area contributed by atoms with E-state index in [1.165, 1.54) is 30.2 Å². The SMILES string of the molecule is CCN1C(=O)N[C@H](c2ccc(Cl)c([N+](=O)[O-])c2)C(C(=O)OC)=C1C. The summed E-state index contributed by atoms with van der Waals surface area (Å²) in [6.07, 6.45) is 0. The van der Waals surface area contributed by atoms with Crippen LogP contribution in [0.5, 0.6) is 0 Å². The van der Waals surface area contributed by atoms with Crippen LogP contribution in [0.4, 0.5) is 10.5 Å². The molecule has 0 aliphatic carbocycles. The van der Waals surface area contributed by atoms with Crippen LogP contribution < -0.4 is 5.32 Å². The lowest BCUT2D eigenvalue weighted by molar-refractivity contribution is -0.384. The fourth-order valence-corrected chi connectivity index (χ4v) is 2.82. The molecule has 0 aromatic heterocycles. The molecule has 0 fully saturated rings. The van der Waals surface area contributed by atoms with Gasteiger partial charge in [-0.05, 0) is 25.5 Å². The summed E-state index contributed by atoms with van der Waals surface area (Å²) in [7, 11) is 1.23. The number of rotatable bonds is 4. The minimum atomic E-state index is -0.858. The largest absolute Gasteiger partial charge is 0.466 e. The Morgan fingerprint density at radius 3 is 2.71 bits per heavy atom. The van der Waals surface area contributed by atoms with Gasteiger partial charge in [-0.25, -0.2) is 9.59 Å². The van der Waals surface area contributed by atoms with Gasteiger partial charge in [0.05, 0.1) is 23.6 Å². The van der Waals surface area contributed by atoms with Crippen LogP contribution in [0.25, 0.3) is 0 Å². The number of nitro groups is 1. The van der Waals surface area contributed by atoms with Crippen molar-refractivity contribution in [1.29, 1.82) is 0 Å². The van der Waals surface area contributed by atoms with Gasteiger partial charge in [-0.2, -0.15) is 0 Å². The zero-order valence-electron chi connectivity index (χ0n) is 13.3. The van der Waals surface area contributed by atoms with E-state index in [4.69, 9.17) is 16.3 Å². The molecule has 0 radical (unpaired) electrons. The Kier molecular flexibility index (Phi) is 5.08. The number of allylic oxidation sites excluding steroid dienone is 1. The smallest absolute Gasteiger partial charge is 0.337 e. The van der Waals surface area contributed by atoms with Gasteiger partial charge < -0.3 is 10.1 Å². The Morgan fingerprint density at radius 2 is 2.17 bits per heavy atom. The zero-order chi connectivity index (χ0) is 18.0. The molecule has 1 atom stereocenters. The van der Waals surface area contributed by atoms with Crippen LogP contribution in [-0.4, -0.2) is 35.5 Å². The van der Waals surface area contributed by atoms with Crippen LogP contribution in [0, 0.1) is 10.1 Å². The summed E-state index contributed by atoms with van der Waals surface area (Å²) >= 11 is 5.82. The number of carbonyl (C=O) groups is 2. The summed E-state index contributed by atoms with van der Waals surface area (Å²) < 4.78 is 4.81. The first-order valence-corrected chi connectivity index (χ1v) is 7.50. The lowest BCUT2D eigenvalue weighted by atomic mass is 9.94. The number of nitrogens with zero attached hydrogens (tertiary/aromatic N) is 2. The molecule has 1 aliphatic rings. The van der Waals surface area contributed by atoms with Crippen LogP contribution in [0.3, 0.4) is 0 Å². The summed E-state index contributed by atoms with van der Waals surface area (Å²) in [5, 5.41) is 13.7. The number of hydrogen-bond acceptors (Lipinski definition) is 5. The number of urea groups is 1. The molecule has 2 rings (SSSR count). The maximum Gasteiger partial charge on any atom is 0.337 e. The van der Waals surface area contributed by atoms with Gasteiger partial charge in [0.25, 0.3) is 5.69 Å². The van der Waals surface area contributed by atoms with Crippen molar-refractivity contribution in [2.75, 3.05) is 13.7 Å². The van der Waals surface area contributed by atoms with Crippen molar-refractivity contribution >= 4 is 29.3 Å². The van der Waals surface area contributed by atoms with Gasteiger partial charge in [0, 0.05) is 18.3 Å². The van der Waals surface area contributed by atoms with Crippen LogP contribution in [-0.2, 0) is 9.53 Å². The Bertz CT molecular complexity index is 747. The van der Waals surface area contributed by atoms with E-state index in [1.807, 2.05) is 0 Å². The Labute approximate surface area is 143 Å². The van der Waals surface area contributed by atoms with Crippen molar-refractivity contribution in [3.05, 3.63) is 50.2 Å². The van der Waals surface area contributed by atoms with E-state index in [2.05, 4.69) is 5.32 Å². The van der Waals surface area contributed by atoms with Crippen molar-refractivity contribution in [3.8, 4) is 0 Å². The standard InChI is InChI=1S/C15H16ClN3O5/c1-4-18-8(2)12(14(20)24-3)13(17-15(18)21)9-5-6-10(16)11(7-9)19(22)23/h5-7,13H,4H2,1-3H3,(H,17,21)/t13-/m1/s1. The minimum absolute atomic E-state index is 0.0265. The fourth-order valence-electron chi connectivity index (χ4n) is 2.64. The van der Waals surface area contributed by atoms with Crippen molar-refractivity contribution in [2.24, 2.45) is 0 Å². The predicted octanol–water partition coefficient (Wildman–Crippen LogP) is 2.78. The number of nitro benzene ring substituents is 1. The average Bonchev–Trinajstić information content (AvgIpc) is 2.54. The highest BCUT2D eigenvalue weighted by atomic mass is 35.5. The van der Waals surface area contributed by atoms with E-state index in [0.29, 0.717) is 17.8 Å². The van der Waals surface area contributed by atoms with Crippen LogP contribution in [0.1, 0.15) is 25.5 Å². The van der Waals surface area contributed by atoms with Crippen molar-refractivity contribution < 1.29 is 19.2 Å². The molecule has 9 heteroatoms. The molecule has 0 saturated heterocycles. The summed E-state index contributed by atoms with van der Waals surface area (Å²) in [5.41, 5.74) is 0.726. The summed E-state index contributed by atoms with van der Waals surface area (Å²) in [6.45, 7) is 3.77. The predicted molar refractivity (Wildman–Crippen MR) is 86.5 cm³/mol. The summed E-state index contributed by atoms with van der Waals surface area (Å²) in [5.74, 6) is -0.617. The number of methoxy groups -OCH3 is 1. The lowest BCUT2D eigenvalue weighted by Crippen LogP contribution is -2.47. The first kappa shape index (κ1) is 17.7. The summed E-state index contributed by atoms with van der Waals surface area (Å²) in [6, 6.07) is 2.87. The molecule has 1 N–H and O–H groups in total. The number of amides is 2. The van der Waals surface area contributed by atoms with E-state index in [0.717, 1.165) is 0 Å². The van der Waals surface area contributed by atoms with Gasteiger partial charge in [-0.3, -0.25) is 15.0 Å². The molecule has 24 heavy (non-hydrogen) atoms. The third-order valence-corrected chi connectivity index (χ3v) is 4.14. The zero-order valence-corrected chi connectivity index (χ0v) is 14.1. The lowest BCUT2D eigenvalue weighted by Gasteiger charge is -2.34. The molecule has 1 aliphatic heterocycles. The second-order valence-electron chi connectivity index (χ2n) is 5.09. The van der Waals surface area contributed by atoms with Gasteiger partial charge in [-0.1, -0.05) is 17.7 Å². The van der Waals surface area contributed by atoms with E-state index in [1.54, 1.807) is 13.8 Å². The van der Waals surface area contributed by atoms with Gasteiger partial charge in [0.15, 0.2) is 0 Å². The highest BCUT2D eigenvalue weighted by Gasteiger charge is 2.36. The van der Waals surface area contributed by atoms with Crippen LogP contribution in [0.2, 0.25) is 5.02 Å². The summed E-state index contributed by atoms with van der Waals surface area (Å²) in [4.78, 5) is 36.3. The van der Waals surface area contributed by atoms with E-state index in [-0.39, 0.29) is 16.3 Å². The number of halogens is 1. The van der Waals surface area contributed by atoms with Crippen molar-refractivity contribution in [2.45, 2.75) is 19.9 Å². The number of nitrogens with one attached hydrogen (secondary N) is 1. The number of esters is 1. The fraction of sp³-hybridized carbons (Fsp3) is 0.333. The first-order chi connectivity index (χ1) is 11.3. The second-order valence-corrected chi connectivity index (χ2v) is 5.49. The molecule has 1 aromatic carbocycles. The molecular formula is C15H16ClN3O5. The first-order valence-electron chi connectivity index (χ1n) is 7.12. The van der Waals surface area contributed by atoms with Crippen molar-refractivity contribution in [3.63, 3.8) is 0 Å². The molecular weight excluding hydrogens is 338 g/mol. The van der Waals surface area contributed by atoms with Gasteiger partial charge in [-0.15, -0.1) is 0 Å². The molecule has 0 unspecified atom stereocenters. The molecule has 2 amide bonds. The van der Waals surface area contributed by atoms with E-state index >= 15 is 0 Å². The Balaban J connectivity index is 2.61. The molecule has 1 aromatic rings. The number of hydrogen-bond donors (Lipinski definition) is 1. The van der Waals surface area contributed by atoms with Gasteiger partial charge in [0.1, 0.15) is 5.02 Å². The van der Waals surface area contributed by atoms with Crippen LogP contribution >= 0.6 is 11.6 Å². The normalized spacial score (nSPS) is 17.6. The number of ether oxygens (including phenoxy) is 1. The highest BCUT2D eigenvalue weighted by Crippen LogP contribution is 2.34. The van der Waals surface area contributed by atoms with Crippen LogP contribution in [0.15, 0.2) is 29.5 Å². The van der Waals surface area contributed by atoms with E-state index in [9.17, 15) is 19.7 Å². The molecule has 1 heterocycles. The van der Waals surface area contributed by atoms with Crippen molar-refractivity contribution in [1.82, 2.24) is 10.2 Å².